The normalized spacial score (nSPS) is 13.7. The number of nitrogens with zero attached hydrogens (tertiary/aromatic N) is 6. The Morgan fingerprint density at radius 3 is 2.12 bits per heavy atom. The van der Waals surface area contributed by atoms with Crippen LogP contribution in [0.2, 0.25) is 0 Å². The first-order valence-electron chi connectivity index (χ1n) is 32.5. The van der Waals surface area contributed by atoms with Crippen LogP contribution in [0.5, 0.6) is 11.5 Å². The number of phenols is 1. The number of hydrogen-bond acceptors (Lipinski definition) is 19. The highest BCUT2D eigenvalue weighted by molar-refractivity contribution is 6.19. The van der Waals surface area contributed by atoms with E-state index in [2.05, 4.69) is 31.6 Å². The average molecular weight is 1420 g/mol. The number of carboxylic acid groups (broad SMARTS) is 1. The number of benzene rings is 4. The Bertz CT molecular complexity index is 4000. The number of hydrogen-bond donors (Lipinski definition) is 8. The summed E-state index contributed by atoms with van der Waals surface area (Å²) in [5, 5.41) is 33.7. The van der Waals surface area contributed by atoms with E-state index in [0.29, 0.717) is 39.2 Å². The van der Waals surface area contributed by atoms with Gasteiger partial charge in [0.25, 0.3) is 23.6 Å². The van der Waals surface area contributed by atoms with Crippen molar-refractivity contribution in [3.8, 4) is 11.5 Å². The van der Waals surface area contributed by atoms with Gasteiger partial charge in [-0.05, 0) is 103 Å². The summed E-state index contributed by atoms with van der Waals surface area (Å²) in [6.45, 7) is 6.01. The van der Waals surface area contributed by atoms with Crippen LogP contribution < -0.4 is 42.0 Å². The zero-order chi connectivity index (χ0) is 72.7. The third-order valence-electron chi connectivity index (χ3n) is 16.2. The lowest BCUT2D eigenvalue weighted by Gasteiger charge is -2.26. The summed E-state index contributed by atoms with van der Waals surface area (Å²) in [6.07, 6.45) is 3.02. The molecule has 0 aliphatic carbocycles. The van der Waals surface area contributed by atoms with Gasteiger partial charge in [-0.3, -0.25) is 38.5 Å². The summed E-state index contributed by atoms with van der Waals surface area (Å²) >= 11 is 6.64. The van der Waals surface area contributed by atoms with Gasteiger partial charge in [-0.25, -0.2) is 24.2 Å². The molecule has 8 rings (SSSR count). The van der Waals surface area contributed by atoms with Crippen molar-refractivity contribution in [3.63, 3.8) is 0 Å². The van der Waals surface area contributed by atoms with E-state index in [1.54, 1.807) is 79.0 Å². The van der Waals surface area contributed by atoms with Crippen LogP contribution in [0, 0.1) is 12.8 Å². The number of carbonyl (C=O) groups excluding carboxylic acids is 10. The fraction of sp³-hybridized carbons (Fsp3) is 0.391. The van der Waals surface area contributed by atoms with Crippen LogP contribution in [-0.4, -0.2) is 211 Å². The number of fused-ring (bicyclic) bond motifs is 4. The summed E-state index contributed by atoms with van der Waals surface area (Å²) in [4.78, 5) is 152. The van der Waals surface area contributed by atoms with Gasteiger partial charge in [0.15, 0.2) is 0 Å². The number of nitrogens with two attached hydrogens (primary N) is 1. The number of aromatic hydroxyl groups is 1. The quantitative estimate of drug-likeness (QED) is 0.0122. The third-order valence-corrected chi connectivity index (χ3v) is 16.6. The molecule has 4 aromatic carbocycles. The van der Waals surface area contributed by atoms with Crippen molar-refractivity contribution in [2.24, 2.45) is 11.7 Å². The molecule has 9 N–H and O–H groups in total. The topological polar surface area (TPSA) is 400 Å². The van der Waals surface area contributed by atoms with Crippen molar-refractivity contribution in [1.82, 2.24) is 40.0 Å². The van der Waals surface area contributed by atoms with E-state index < -0.39 is 71.9 Å². The minimum Gasteiger partial charge on any atom is -0.508 e. The van der Waals surface area contributed by atoms with Gasteiger partial charge in [0.2, 0.25) is 11.8 Å². The highest BCUT2D eigenvalue weighted by atomic mass is 35.5. The molecule has 6 aromatic rings. The molecule has 101 heavy (non-hydrogen) atoms. The Kier molecular flexibility index (Phi) is 27.6. The number of nitrogens with one attached hydrogen (secondary N) is 5. The Morgan fingerprint density at radius 2 is 1.45 bits per heavy atom. The van der Waals surface area contributed by atoms with E-state index in [1.807, 2.05) is 13.0 Å². The SMILES string of the molecule is Cc1cccc2c(OC(=O)N(CCCC(=O)O)CCN(C)C(=O)OCc3ccc(NC(=O)[C@H](CCCNC(N)=O)NC(=O)[C@@H](NC(=O)OCCOCCOCCOCCN4C(=O)C=CC4=O)C(C)C)cc3)cc3c(c12)[C@H](CCl)CN3C(=O)c1cn2cc(NC(=O)c3ccc(O)cc3)ccc2n1. The van der Waals surface area contributed by atoms with E-state index in [4.69, 9.17) is 45.8 Å². The molecule has 0 saturated carbocycles. The van der Waals surface area contributed by atoms with Gasteiger partial charge < -0.3 is 90.1 Å². The first-order valence-corrected chi connectivity index (χ1v) is 33.0. The summed E-state index contributed by atoms with van der Waals surface area (Å²) in [5.41, 5.74) is 9.29. The molecule has 4 heterocycles. The van der Waals surface area contributed by atoms with Gasteiger partial charge in [-0.15, -0.1) is 11.6 Å². The van der Waals surface area contributed by atoms with Crippen LogP contribution >= 0.6 is 11.6 Å². The molecule has 3 atom stereocenters. The van der Waals surface area contributed by atoms with Crippen molar-refractivity contribution in [3.05, 3.63) is 137 Å². The third kappa shape index (κ3) is 21.6. The molecule has 0 radical (unpaired) electrons. The molecule has 0 spiro atoms. The fourth-order valence-corrected chi connectivity index (χ4v) is 11.2. The number of rotatable bonds is 36. The Labute approximate surface area is 585 Å². The van der Waals surface area contributed by atoms with E-state index >= 15 is 0 Å². The minimum absolute atomic E-state index is 0.0131. The van der Waals surface area contributed by atoms with Crippen molar-refractivity contribution in [2.45, 2.75) is 71.1 Å². The molecule has 2 aromatic heterocycles. The summed E-state index contributed by atoms with van der Waals surface area (Å²) < 4.78 is 34.9. The Hall–Kier alpha value is -10.9. The van der Waals surface area contributed by atoms with Crippen LogP contribution in [0.4, 0.5) is 36.2 Å². The number of carbonyl (C=O) groups is 11. The number of amides is 11. The molecule has 0 bridgehead atoms. The van der Waals surface area contributed by atoms with Crippen LogP contribution in [-0.2, 0) is 54.3 Å². The predicted octanol–water partition coefficient (Wildman–Crippen LogP) is 6.27. The van der Waals surface area contributed by atoms with Gasteiger partial charge in [-0.1, -0.05) is 44.2 Å². The van der Waals surface area contributed by atoms with Crippen molar-refractivity contribution in [1.29, 1.82) is 0 Å². The number of imidazole rings is 1. The molecular formula is C69H81ClN12O19. The number of aryl methyl sites for hydroxylation is 1. The number of alkyl halides is 1. The number of alkyl carbamates (subject to hydrolysis) is 1. The molecule has 32 heteroatoms. The van der Waals surface area contributed by atoms with E-state index in [-0.39, 0.29) is 159 Å². The number of anilines is 3. The van der Waals surface area contributed by atoms with Crippen LogP contribution in [0.25, 0.3) is 16.4 Å². The second-order valence-electron chi connectivity index (χ2n) is 23.9. The fourth-order valence-electron chi connectivity index (χ4n) is 10.9. The maximum absolute atomic E-state index is 14.6. The van der Waals surface area contributed by atoms with Crippen LogP contribution in [0.15, 0.2) is 109 Å². The number of aromatic nitrogens is 2. The number of likely N-dealkylation sites (N-methyl/N-ethyl adjacent to an activating group) is 1. The first-order chi connectivity index (χ1) is 48.5. The summed E-state index contributed by atoms with van der Waals surface area (Å²) in [7, 11) is 1.45. The van der Waals surface area contributed by atoms with Crippen molar-refractivity contribution >= 4 is 111 Å². The molecule has 0 fully saturated rings. The number of pyridine rings is 1. The lowest BCUT2D eigenvalue weighted by Crippen LogP contribution is -2.54. The van der Waals surface area contributed by atoms with Crippen molar-refractivity contribution in [2.75, 3.05) is 114 Å². The number of aliphatic carboxylic acids is 1. The number of imide groups is 1. The molecule has 2 aliphatic heterocycles. The standard InChI is InChI=1S/C69H81ClN12O19/c1-42(2)61(77-67(93)99-35-34-98-33-32-97-31-30-96-29-28-81-56(84)22-23-57(81)85)64(90)76-51(10-6-24-72-66(71)92)63(89)73-47-16-12-44(13-17-47)41-100-68(94)78(4)26-27-79(25-7-11-58(86)87)69(95)101-54-36-53-60(59-43(3)8-5-9-50(54)59)46(37-70)38-82(53)65(91)52-40-80-39-48(18-21-55(80)75-52)74-62(88)45-14-19-49(83)20-15-45/h5,8-9,12-23,36,39-40,42,46,51,61,83H,6-7,10-11,24-35,37-38,41H2,1-4H3,(H,73,89)(H,74,88)(H,76,90)(H,77,93)(H,86,87)(H3,71,72,92)/t46-,51+,61+/m1/s1. The zero-order valence-corrected chi connectivity index (χ0v) is 56.9. The Morgan fingerprint density at radius 1 is 0.762 bits per heavy atom. The van der Waals surface area contributed by atoms with Crippen LogP contribution in [0.3, 0.4) is 0 Å². The van der Waals surface area contributed by atoms with Gasteiger partial charge in [-0.2, -0.15) is 0 Å². The zero-order valence-electron chi connectivity index (χ0n) is 56.1. The van der Waals surface area contributed by atoms with Crippen LogP contribution in [0.1, 0.15) is 83.0 Å². The van der Waals surface area contributed by atoms with E-state index in [1.165, 1.54) is 64.4 Å². The summed E-state index contributed by atoms with van der Waals surface area (Å²) in [6, 6.07) is 19.3. The molecule has 31 nitrogen and oxygen atoms in total. The highest BCUT2D eigenvalue weighted by Gasteiger charge is 2.38. The van der Waals surface area contributed by atoms with Gasteiger partial charge in [0.1, 0.15) is 48.1 Å². The molecule has 538 valence electrons. The lowest BCUT2D eigenvalue weighted by atomic mass is 9.92. The van der Waals surface area contributed by atoms with Gasteiger partial charge in [0, 0.05) is 105 Å². The monoisotopic (exact) mass is 1420 g/mol. The predicted molar refractivity (Wildman–Crippen MR) is 368 cm³/mol. The molecule has 0 unspecified atom stereocenters. The van der Waals surface area contributed by atoms with Crippen molar-refractivity contribution < 1.29 is 91.4 Å². The van der Waals surface area contributed by atoms with E-state index in [0.717, 1.165) is 21.4 Å². The second kappa shape index (κ2) is 36.8. The average Bonchev–Trinajstić information content (AvgIpc) is 1.62. The number of phenolic OH excluding ortho intramolecular Hbond substituents is 1. The van der Waals surface area contributed by atoms with E-state index in [9.17, 15) is 63.0 Å². The number of urea groups is 1. The maximum Gasteiger partial charge on any atom is 0.415 e. The number of carboxylic acids is 1. The smallest absolute Gasteiger partial charge is 0.415 e. The number of primary amides is 1. The maximum atomic E-state index is 14.6. The minimum atomic E-state index is -1.17. The first kappa shape index (κ1) is 75.9. The number of ether oxygens (including phenoxy) is 6. The molecule has 0 saturated heterocycles. The summed E-state index contributed by atoms with van der Waals surface area (Å²) in [5.74, 6) is -4.63. The highest BCUT2D eigenvalue weighted by Crippen LogP contribution is 2.47. The second-order valence-corrected chi connectivity index (χ2v) is 24.2. The molecular weight excluding hydrogens is 1340 g/mol. The molecule has 2 aliphatic rings. The lowest BCUT2D eigenvalue weighted by molar-refractivity contribution is -0.138. The number of halogens is 1. The Balaban J connectivity index is 0.827. The van der Waals surface area contributed by atoms with Gasteiger partial charge >= 0.3 is 30.3 Å². The molecule has 11 amide bonds. The van der Waals surface area contributed by atoms with Gasteiger partial charge in [0.05, 0.1) is 57.6 Å². The largest absolute Gasteiger partial charge is 0.508 e.